The van der Waals surface area contributed by atoms with Gasteiger partial charge in [-0.3, -0.25) is 14.7 Å². The van der Waals surface area contributed by atoms with Crippen LogP contribution in [0.3, 0.4) is 0 Å². The van der Waals surface area contributed by atoms with E-state index in [1.807, 2.05) is 19.1 Å². The van der Waals surface area contributed by atoms with Gasteiger partial charge in [-0.25, -0.2) is 0 Å². The Labute approximate surface area is 126 Å². The lowest BCUT2D eigenvalue weighted by molar-refractivity contribution is 0.0951. The van der Waals surface area contributed by atoms with Gasteiger partial charge in [-0.2, -0.15) is 0 Å². The second kappa shape index (κ2) is 7.38. The largest absolute Gasteiger partial charge is 0.369 e. The van der Waals surface area contributed by atoms with E-state index >= 15 is 0 Å². The smallest absolute Gasteiger partial charge is 0.269 e. The molecule has 1 aliphatic heterocycles. The number of anilines is 1. The fraction of sp³-hybridized carbons (Fsp3) is 0.600. The highest BCUT2D eigenvalue weighted by molar-refractivity contribution is 5.93. The van der Waals surface area contributed by atoms with Gasteiger partial charge < -0.3 is 16.0 Å². The van der Waals surface area contributed by atoms with Gasteiger partial charge in [0.25, 0.3) is 5.91 Å². The first kappa shape index (κ1) is 15.7. The summed E-state index contributed by atoms with van der Waals surface area (Å²) in [6, 6.07) is 4.26. The number of pyridine rings is 1. The van der Waals surface area contributed by atoms with E-state index in [4.69, 9.17) is 5.73 Å². The predicted octanol–water partition coefficient (Wildman–Crippen LogP) is 0.301. The summed E-state index contributed by atoms with van der Waals surface area (Å²) >= 11 is 0. The molecule has 6 heteroatoms. The van der Waals surface area contributed by atoms with E-state index in [-0.39, 0.29) is 5.91 Å². The summed E-state index contributed by atoms with van der Waals surface area (Å²) in [6.45, 7) is 9.26. The number of nitrogens with zero attached hydrogens (tertiary/aromatic N) is 3. The molecule has 1 saturated heterocycles. The molecule has 0 saturated carbocycles. The first-order valence-electron chi connectivity index (χ1n) is 7.59. The van der Waals surface area contributed by atoms with Crippen molar-refractivity contribution in [2.45, 2.75) is 19.9 Å². The van der Waals surface area contributed by atoms with Crippen LogP contribution in [0.15, 0.2) is 18.3 Å². The average Bonchev–Trinajstić information content (AvgIpc) is 2.54. The van der Waals surface area contributed by atoms with Crippen molar-refractivity contribution in [3.05, 3.63) is 24.0 Å². The van der Waals surface area contributed by atoms with E-state index in [1.54, 1.807) is 6.20 Å². The molecule has 2 heterocycles. The maximum atomic E-state index is 11.8. The molecule has 3 N–H and O–H groups in total. The molecule has 1 fully saturated rings. The summed E-state index contributed by atoms with van der Waals surface area (Å²) in [5.41, 5.74) is 7.26. The molecule has 21 heavy (non-hydrogen) atoms. The molecule has 1 unspecified atom stereocenters. The lowest BCUT2D eigenvalue weighted by atomic mass is 10.2. The number of aromatic nitrogens is 1. The van der Waals surface area contributed by atoms with Crippen molar-refractivity contribution in [3.8, 4) is 0 Å². The Kier molecular flexibility index (Phi) is 5.52. The molecule has 1 atom stereocenters. The standard InChI is InChI=1S/C15H25N5O/c1-3-17-15(21)14-10-13(4-5-18-14)20-8-6-19(7-9-20)12(2)11-16/h4-5,10,12H,3,6-9,11,16H2,1-2H3,(H,17,21). The van der Waals surface area contributed by atoms with Gasteiger partial charge in [0.15, 0.2) is 0 Å². The molecule has 1 aromatic heterocycles. The van der Waals surface area contributed by atoms with Crippen molar-refractivity contribution >= 4 is 11.6 Å². The first-order chi connectivity index (χ1) is 10.2. The molecule has 1 aliphatic rings. The van der Waals surface area contributed by atoms with Gasteiger partial charge in [-0.05, 0) is 26.0 Å². The average molecular weight is 291 g/mol. The molecule has 0 spiro atoms. The molecule has 0 aliphatic carbocycles. The van der Waals surface area contributed by atoms with E-state index in [0.29, 0.717) is 24.8 Å². The van der Waals surface area contributed by atoms with Crippen molar-refractivity contribution in [3.63, 3.8) is 0 Å². The van der Waals surface area contributed by atoms with Crippen LogP contribution < -0.4 is 16.0 Å². The highest BCUT2D eigenvalue weighted by Gasteiger charge is 2.21. The highest BCUT2D eigenvalue weighted by Crippen LogP contribution is 2.17. The van der Waals surface area contributed by atoms with Gasteiger partial charge in [-0.15, -0.1) is 0 Å². The van der Waals surface area contributed by atoms with E-state index in [2.05, 4.69) is 27.0 Å². The van der Waals surface area contributed by atoms with Gasteiger partial charge in [0.1, 0.15) is 5.69 Å². The fourth-order valence-corrected chi connectivity index (χ4v) is 2.56. The molecule has 116 valence electrons. The van der Waals surface area contributed by atoms with E-state index in [0.717, 1.165) is 31.9 Å². The Morgan fingerprint density at radius 2 is 2.14 bits per heavy atom. The Bertz CT molecular complexity index is 471. The molecule has 0 aromatic carbocycles. The van der Waals surface area contributed by atoms with Gasteiger partial charge in [0, 0.05) is 57.2 Å². The van der Waals surface area contributed by atoms with Crippen molar-refractivity contribution in [1.29, 1.82) is 0 Å². The van der Waals surface area contributed by atoms with Gasteiger partial charge in [-0.1, -0.05) is 0 Å². The minimum absolute atomic E-state index is 0.116. The number of nitrogens with two attached hydrogens (primary N) is 1. The van der Waals surface area contributed by atoms with E-state index < -0.39 is 0 Å². The maximum Gasteiger partial charge on any atom is 0.269 e. The highest BCUT2D eigenvalue weighted by atomic mass is 16.1. The van der Waals surface area contributed by atoms with Crippen molar-refractivity contribution < 1.29 is 4.79 Å². The number of carbonyl (C=O) groups is 1. The quantitative estimate of drug-likeness (QED) is 0.816. The molecule has 1 amide bonds. The van der Waals surface area contributed by atoms with Crippen LogP contribution >= 0.6 is 0 Å². The van der Waals surface area contributed by atoms with Crippen LogP contribution in [0.5, 0.6) is 0 Å². The Morgan fingerprint density at radius 3 is 2.76 bits per heavy atom. The number of piperazine rings is 1. The second-order valence-corrected chi connectivity index (χ2v) is 5.37. The predicted molar refractivity (Wildman–Crippen MR) is 84.5 cm³/mol. The molecular weight excluding hydrogens is 266 g/mol. The number of carbonyl (C=O) groups excluding carboxylic acids is 1. The summed E-state index contributed by atoms with van der Waals surface area (Å²) < 4.78 is 0. The second-order valence-electron chi connectivity index (χ2n) is 5.37. The number of hydrogen-bond donors (Lipinski definition) is 2. The van der Waals surface area contributed by atoms with Crippen molar-refractivity contribution in [1.82, 2.24) is 15.2 Å². The molecule has 2 rings (SSSR count). The number of hydrogen-bond acceptors (Lipinski definition) is 5. The zero-order valence-corrected chi connectivity index (χ0v) is 12.9. The molecule has 1 aromatic rings. The van der Waals surface area contributed by atoms with E-state index in [1.165, 1.54) is 0 Å². The SMILES string of the molecule is CCNC(=O)c1cc(N2CCN(C(C)CN)CC2)ccn1. The number of nitrogens with one attached hydrogen (secondary N) is 1. The zero-order chi connectivity index (χ0) is 15.2. The minimum Gasteiger partial charge on any atom is -0.369 e. The molecule has 6 nitrogen and oxygen atoms in total. The van der Waals surface area contributed by atoms with Crippen LogP contribution in [0, 0.1) is 0 Å². The minimum atomic E-state index is -0.116. The third kappa shape index (κ3) is 3.92. The van der Waals surface area contributed by atoms with Gasteiger partial charge in [0.2, 0.25) is 0 Å². The summed E-state index contributed by atoms with van der Waals surface area (Å²) in [7, 11) is 0. The van der Waals surface area contributed by atoms with Crippen LogP contribution in [0.25, 0.3) is 0 Å². The Balaban J connectivity index is 2.00. The van der Waals surface area contributed by atoms with Gasteiger partial charge in [0.05, 0.1) is 0 Å². The first-order valence-corrected chi connectivity index (χ1v) is 7.59. The Hall–Kier alpha value is -1.66. The third-order valence-corrected chi connectivity index (χ3v) is 3.96. The lowest BCUT2D eigenvalue weighted by Gasteiger charge is -2.38. The van der Waals surface area contributed by atoms with Crippen LogP contribution in [0.2, 0.25) is 0 Å². The van der Waals surface area contributed by atoms with Crippen molar-refractivity contribution in [2.75, 3.05) is 44.2 Å². The topological polar surface area (TPSA) is 74.5 Å². The zero-order valence-electron chi connectivity index (χ0n) is 12.9. The van der Waals surface area contributed by atoms with Crippen LogP contribution in [0.4, 0.5) is 5.69 Å². The number of amides is 1. The monoisotopic (exact) mass is 291 g/mol. The molecular formula is C15H25N5O. The van der Waals surface area contributed by atoms with Crippen LogP contribution in [-0.2, 0) is 0 Å². The Morgan fingerprint density at radius 1 is 1.43 bits per heavy atom. The van der Waals surface area contributed by atoms with Crippen molar-refractivity contribution in [2.24, 2.45) is 5.73 Å². The van der Waals surface area contributed by atoms with Crippen LogP contribution in [0.1, 0.15) is 24.3 Å². The molecule has 0 bridgehead atoms. The van der Waals surface area contributed by atoms with Crippen LogP contribution in [-0.4, -0.2) is 61.1 Å². The third-order valence-electron chi connectivity index (χ3n) is 3.96. The number of rotatable bonds is 5. The molecule has 0 radical (unpaired) electrons. The summed E-state index contributed by atoms with van der Waals surface area (Å²) in [5, 5.41) is 2.78. The summed E-state index contributed by atoms with van der Waals surface area (Å²) in [5.74, 6) is -0.116. The maximum absolute atomic E-state index is 11.8. The fourth-order valence-electron chi connectivity index (χ4n) is 2.56. The summed E-state index contributed by atoms with van der Waals surface area (Å²) in [4.78, 5) is 20.7. The van der Waals surface area contributed by atoms with E-state index in [9.17, 15) is 4.79 Å². The normalized spacial score (nSPS) is 17.6. The van der Waals surface area contributed by atoms with Gasteiger partial charge >= 0.3 is 0 Å². The summed E-state index contributed by atoms with van der Waals surface area (Å²) in [6.07, 6.45) is 1.70. The lowest BCUT2D eigenvalue weighted by Crippen LogP contribution is -2.51.